The molecule has 0 heterocycles. The molecule has 1 N–H and O–H groups in total. The quantitative estimate of drug-likeness (QED) is 0.623. The molecule has 0 radical (unpaired) electrons. The van der Waals surface area contributed by atoms with Crippen molar-refractivity contribution < 1.29 is 14.3 Å². The molecular formula is C21H23NO3. The van der Waals surface area contributed by atoms with E-state index in [0.29, 0.717) is 6.42 Å². The fraction of sp³-hybridized carbons (Fsp3) is 0.238. The van der Waals surface area contributed by atoms with Crippen molar-refractivity contribution in [3.8, 4) is 0 Å². The minimum absolute atomic E-state index is 0.277. The summed E-state index contributed by atoms with van der Waals surface area (Å²) in [5.41, 5.74) is 3.05. The molecule has 4 nitrogen and oxygen atoms in total. The van der Waals surface area contributed by atoms with E-state index in [9.17, 15) is 9.59 Å². The smallest absolute Gasteiger partial charge is 0.328 e. The van der Waals surface area contributed by atoms with E-state index in [-0.39, 0.29) is 12.5 Å². The van der Waals surface area contributed by atoms with Crippen molar-refractivity contribution in [3.63, 3.8) is 0 Å². The summed E-state index contributed by atoms with van der Waals surface area (Å²) in [4.78, 5) is 24.3. The van der Waals surface area contributed by atoms with Crippen LogP contribution in [0.5, 0.6) is 0 Å². The largest absolute Gasteiger partial charge is 0.464 e. The lowest BCUT2D eigenvalue weighted by Gasteiger charge is -2.16. The van der Waals surface area contributed by atoms with Gasteiger partial charge >= 0.3 is 5.97 Å². The Kier molecular flexibility index (Phi) is 6.96. The molecule has 2 aromatic rings. The number of amides is 1. The molecule has 2 rings (SSSR count). The Morgan fingerprint density at radius 1 is 1.08 bits per heavy atom. The maximum absolute atomic E-state index is 12.2. The van der Waals surface area contributed by atoms with Gasteiger partial charge in [0.2, 0.25) is 5.91 Å². The number of aryl methyl sites for hydroxylation is 1. The predicted octanol–water partition coefficient (Wildman–Crippen LogP) is 3.30. The monoisotopic (exact) mass is 337 g/mol. The Hall–Kier alpha value is -2.88. The third-order valence-electron chi connectivity index (χ3n) is 3.67. The fourth-order valence-corrected chi connectivity index (χ4v) is 2.36. The Balaban J connectivity index is 2.03. The third-order valence-corrected chi connectivity index (χ3v) is 3.67. The number of carbonyl (C=O) groups excluding carboxylic acids is 2. The molecule has 1 unspecified atom stereocenters. The number of esters is 1. The first-order valence-electron chi connectivity index (χ1n) is 8.34. The van der Waals surface area contributed by atoms with Crippen molar-refractivity contribution in [2.75, 3.05) is 6.61 Å². The zero-order chi connectivity index (χ0) is 18.1. The molecule has 130 valence electrons. The predicted molar refractivity (Wildman–Crippen MR) is 98.9 cm³/mol. The second-order valence-electron chi connectivity index (χ2n) is 5.75. The Labute approximate surface area is 148 Å². The highest BCUT2D eigenvalue weighted by molar-refractivity contribution is 5.94. The van der Waals surface area contributed by atoms with E-state index in [1.807, 2.05) is 61.5 Å². The van der Waals surface area contributed by atoms with Crippen LogP contribution >= 0.6 is 0 Å². The van der Waals surface area contributed by atoms with Crippen LogP contribution in [-0.2, 0) is 20.7 Å². The molecule has 4 heteroatoms. The molecule has 0 aliphatic carbocycles. The summed E-state index contributed by atoms with van der Waals surface area (Å²) in [7, 11) is 0. The lowest BCUT2D eigenvalue weighted by molar-refractivity contribution is -0.146. The van der Waals surface area contributed by atoms with Gasteiger partial charge in [-0.1, -0.05) is 60.2 Å². The molecule has 25 heavy (non-hydrogen) atoms. The van der Waals surface area contributed by atoms with Crippen molar-refractivity contribution in [1.29, 1.82) is 0 Å². The molecule has 0 fully saturated rings. The van der Waals surface area contributed by atoms with Crippen LogP contribution in [0.1, 0.15) is 23.6 Å². The van der Waals surface area contributed by atoms with Crippen molar-refractivity contribution >= 4 is 18.0 Å². The van der Waals surface area contributed by atoms with Crippen LogP contribution in [0.4, 0.5) is 0 Å². The highest BCUT2D eigenvalue weighted by atomic mass is 16.5. The van der Waals surface area contributed by atoms with Gasteiger partial charge in [-0.25, -0.2) is 4.79 Å². The zero-order valence-electron chi connectivity index (χ0n) is 14.6. The molecule has 0 aliphatic rings. The van der Waals surface area contributed by atoms with Gasteiger partial charge in [0.25, 0.3) is 0 Å². The van der Waals surface area contributed by atoms with E-state index in [1.165, 1.54) is 6.08 Å². The van der Waals surface area contributed by atoms with Crippen molar-refractivity contribution in [2.45, 2.75) is 26.3 Å². The lowest BCUT2D eigenvalue weighted by Crippen LogP contribution is -2.42. The van der Waals surface area contributed by atoms with Gasteiger partial charge in [0.15, 0.2) is 0 Å². The van der Waals surface area contributed by atoms with Crippen LogP contribution in [0.2, 0.25) is 0 Å². The molecule has 1 atom stereocenters. The number of benzene rings is 2. The van der Waals surface area contributed by atoms with Gasteiger partial charge in [-0.05, 0) is 31.1 Å². The summed E-state index contributed by atoms with van der Waals surface area (Å²) < 4.78 is 5.08. The van der Waals surface area contributed by atoms with Crippen molar-refractivity contribution in [3.05, 3.63) is 77.4 Å². The molecule has 0 aromatic heterocycles. The standard InChI is InChI=1S/C21H23NO3/c1-3-25-21(24)19(15-18-7-5-4-6-8-18)22-20(23)14-13-17-11-9-16(2)10-12-17/h4-14,19H,3,15H2,1-2H3,(H,22,23)/b14-13+. The average Bonchev–Trinajstić information content (AvgIpc) is 2.62. The first kappa shape index (κ1) is 18.5. The Bertz CT molecular complexity index is 721. The SMILES string of the molecule is CCOC(=O)C(Cc1ccccc1)NC(=O)/C=C/c1ccc(C)cc1. The number of ether oxygens (including phenoxy) is 1. The summed E-state index contributed by atoms with van der Waals surface area (Å²) in [6, 6.07) is 16.7. The zero-order valence-corrected chi connectivity index (χ0v) is 14.6. The molecular weight excluding hydrogens is 314 g/mol. The van der Waals surface area contributed by atoms with Gasteiger partial charge in [-0.3, -0.25) is 4.79 Å². The molecule has 0 saturated heterocycles. The lowest BCUT2D eigenvalue weighted by atomic mass is 10.1. The number of nitrogens with one attached hydrogen (secondary N) is 1. The summed E-state index contributed by atoms with van der Waals surface area (Å²) >= 11 is 0. The van der Waals surface area contributed by atoms with Crippen molar-refractivity contribution in [1.82, 2.24) is 5.32 Å². The first-order chi connectivity index (χ1) is 12.1. The second kappa shape index (κ2) is 9.42. The first-order valence-corrected chi connectivity index (χ1v) is 8.34. The summed E-state index contributed by atoms with van der Waals surface area (Å²) in [5.74, 6) is -0.752. The van der Waals surface area contributed by atoms with Gasteiger partial charge in [0.1, 0.15) is 6.04 Å². The van der Waals surface area contributed by atoms with E-state index in [4.69, 9.17) is 4.74 Å². The Morgan fingerprint density at radius 2 is 1.76 bits per heavy atom. The minimum atomic E-state index is -0.711. The Morgan fingerprint density at radius 3 is 2.40 bits per heavy atom. The van der Waals surface area contributed by atoms with Gasteiger partial charge in [-0.2, -0.15) is 0 Å². The van der Waals surface area contributed by atoms with Gasteiger partial charge in [0.05, 0.1) is 6.61 Å². The highest BCUT2D eigenvalue weighted by Crippen LogP contribution is 2.07. The topological polar surface area (TPSA) is 55.4 Å². The van der Waals surface area contributed by atoms with Gasteiger partial charge in [0, 0.05) is 12.5 Å². The van der Waals surface area contributed by atoms with Crippen LogP contribution in [-0.4, -0.2) is 24.5 Å². The maximum Gasteiger partial charge on any atom is 0.328 e. The van der Waals surface area contributed by atoms with Crippen LogP contribution in [0, 0.1) is 6.92 Å². The molecule has 2 aromatic carbocycles. The number of rotatable bonds is 7. The van der Waals surface area contributed by atoms with Crippen LogP contribution in [0.3, 0.4) is 0 Å². The number of hydrogen-bond donors (Lipinski definition) is 1. The van der Waals surface area contributed by atoms with Crippen LogP contribution < -0.4 is 5.32 Å². The summed E-state index contributed by atoms with van der Waals surface area (Å²) in [6.07, 6.45) is 3.55. The highest BCUT2D eigenvalue weighted by Gasteiger charge is 2.21. The normalized spacial score (nSPS) is 11.9. The fourth-order valence-electron chi connectivity index (χ4n) is 2.36. The summed E-state index contributed by atoms with van der Waals surface area (Å²) in [5, 5.41) is 2.73. The molecule has 0 aliphatic heterocycles. The third kappa shape index (κ3) is 6.26. The van der Waals surface area contributed by atoms with E-state index in [0.717, 1.165) is 16.7 Å². The van der Waals surface area contributed by atoms with E-state index >= 15 is 0 Å². The molecule has 0 spiro atoms. The minimum Gasteiger partial charge on any atom is -0.464 e. The maximum atomic E-state index is 12.2. The van der Waals surface area contributed by atoms with E-state index in [1.54, 1.807) is 13.0 Å². The van der Waals surface area contributed by atoms with E-state index in [2.05, 4.69) is 5.32 Å². The average molecular weight is 337 g/mol. The van der Waals surface area contributed by atoms with Crippen molar-refractivity contribution in [2.24, 2.45) is 0 Å². The van der Waals surface area contributed by atoms with Crippen LogP contribution in [0.25, 0.3) is 6.08 Å². The second-order valence-corrected chi connectivity index (χ2v) is 5.75. The van der Waals surface area contributed by atoms with Crippen LogP contribution in [0.15, 0.2) is 60.7 Å². The van der Waals surface area contributed by atoms with Gasteiger partial charge < -0.3 is 10.1 Å². The molecule has 0 bridgehead atoms. The number of carbonyl (C=O) groups is 2. The van der Waals surface area contributed by atoms with Gasteiger partial charge in [-0.15, -0.1) is 0 Å². The molecule has 0 saturated carbocycles. The summed E-state index contributed by atoms with van der Waals surface area (Å²) in [6.45, 7) is 4.03. The number of hydrogen-bond acceptors (Lipinski definition) is 3. The molecule has 1 amide bonds. The van der Waals surface area contributed by atoms with E-state index < -0.39 is 12.0 Å².